The molecule has 0 aliphatic rings. The van der Waals surface area contributed by atoms with E-state index in [1.807, 2.05) is 0 Å². The first-order valence-corrected chi connectivity index (χ1v) is 5.97. The molecule has 19 heavy (non-hydrogen) atoms. The van der Waals surface area contributed by atoms with Crippen molar-refractivity contribution in [3.05, 3.63) is 42.0 Å². The Morgan fingerprint density at radius 2 is 2.16 bits per heavy atom. The molecular weight excluding hydrogens is 244 g/mol. The Kier molecular flexibility index (Phi) is 5.60. The number of carbonyl (C=O) groups excluding carboxylic acids is 2. The van der Waals surface area contributed by atoms with Gasteiger partial charge in [-0.15, -0.1) is 0 Å². The number of ether oxygens (including phenoxy) is 1. The van der Waals surface area contributed by atoms with Crippen LogP contribution in [0.4, 0.5) is 5.69 Å². The zero-order valence-corrected chi connectivity index (χ0v) is 10.9. The van der Waals surface area contributed by atoms with E-state index in [2.05, 4.69) is 11.9 Å². The second-order valence-corrected chi connectivity index (χ2v) is 4.15. The molecule has 0 fully saturated rings. The molecule has 0 heterocycles. The van der Waals surface area contributed by atoms with E-state index in [1.54, 1.807) is 31.2 Å². The molecule has 1 aromatic rings. The summed E-state index contributed by atoms with van der Waals surface area (Å²) < 4.78 is 4.90. The van der Waals surface area contributed by atoms with Crippen LogP contribution in [-0.4, -0.2) is 25.0 Å². The van der Waals surface area contributed by atoms with E-state index in [4.69, 9.17) is 10.5 Å². The van der Waals surface area contributed by atoms with Crippen LogP contribution in [0.25, 0.3) is 0 Å². The summed E-state index contributed by atoms with van der Waals surface area (Å²) in [4.78, 5) is 22.8. The van der Waals surface area contributed by atoms with Crippen LogP contribution in [-0.2, 0) is 9.53 Å². The van der Waals surface area contributed by atoms with Gasteiger partial charge in [0.25, 0.3) is 5.91 Å². The molecule has 0 saturated heterocycles. The van der Waals surface area contributed by atoms with E-state index in [-0.39, 0.29) is 12.5 Å². The molecule has 5 heteroatoms. The minimum atomic E-state index is -0.415. The highest BCUT2D eigenvalue weighted by Crippen LogP contribution is 2.06. The molecule has 5 nitrogen and oxygen atoms in total. The number of anilines is 1. The molecule has 0 aromatic heterocycles. The number of hydrogen-bond donors (Lipinski definition) is 2. The van der Waals surface area contributed by atoms with Gasteiger partial charge in [0.05, 0.1) is 6.61 Å². The first-order valence-electron chi connectivity index (χ1n) is 5.97. The van der Waals surface area contributed by atoms with Gasteiger partial charge in [-0.1, -0.05) is 12.6 Å². The van der Waals surface area contributed by atoms with Gasteiger partial charge in [-0.3, -0.25) is 4.79 Å². The highest BCUT2D eigenvalue weighted by molar-refractivity contribution is 5.94. The molecule has 0 radical (unpaired) electrons. The van der Waals surface area contributed by atoms with Crippen molar-refractivity contribution in [1.29, 1.82) is 0 Å². The van der Waals surface area contributed by atoms with E-state index < -0.39 is 5.97 Å². The number of esters is 1. The molecule has 1 rings (SSSR count). The number of carbonyl (C=O) groups is 2. The molecule has 3 N–H and O–H groups in total. The second kappa shape index (κ2) is 7.20. The SMILES string of the molecule is C=C(C)C(=O)OCCCNC(=O)c1cccc(N)c1. The summed E-state index contributed by atoms with van der Waals surface area (Å²) in [6.07, 6.45) is 0.549. The fraction of sp³-hybridized carbons (Fsp3) is 0.286. The third-order valence-corrected chi connectivity index (χ3v) is 2.34. The number of nitrogen functional groups attached to an aromatic ring is 1. The van der Waals surface area contributed by atoms with Crippen molar-refractivity contribution in [2.24, 2.45) is 0 Å². The number of nitrogens with two attached hydrogens (primary N) is 1. The van der Waals surface area contributed by atoms with E-state index in [0.717, 1.165) is 0 Å². The van der Waals surface area contributed by atoms with Gasteiger partial charge in [-0.25, -0.2) is 4.79 Å². The highest BCUT2D eigenvalue weighted by Gasteiger charge is 2.05. The molecule has 1 amide bonds. The third kappa shape index (κ3) is 5.25. The van der Waals surface area contributed by atoms with E-state index >= 15 is 0 Å². The van der Waals surface area contributed by atoms with Gasteiger partial charge in [0, 0.05) is 23.4 Å². The molecule has 1 aromatic carbocycles. The Hall–Kier alpha value is -2.30. The minimum absolute atomic E-state index is 0.196. The van der Waals surface area contributed by atoms with Crippen LogP contribution in [0.15, 0.2) is 36.4 Å². The van der Waals surface area contributed by atoms with Gasteiger partial charge in [0.15, 0.2) is 0 Å². The summed E-state index contributed by atoms with van der Waals surface area (Å²) in [5.41, 5.74) is 7.01. The van der Waals surface area contributed by atoms with Crippen molar-refractivity contribution in [3.8, 4) is 0 Å². The maximum Gasteiger partial charge on any atom is 0.333 e. The van der Waals surface area contributed by atoms with Crippen LogP contribution in [0, 0.1) is 0 Å². The Labute approximate surface area is 112 Å². The van der Waals surface area contributed by atoms with Crippen LogP contribution < -0.4 is 11.1 Å². The summed E-state index contributed by atoms with van der Waals surface area (Å²) in [5, 5.41) is 2.72. The molecule has 0 saturated carbocycles. The summed E-state index contributed by atoms with van der Waals surface area (Å²) >= 11 is 0. The lowest BCUT2D eigenvalue weighted by Crippen LogP contribution is -2.25. The molecule has 0 aliphatic carbocycles. The zero-order chi connectivity index (χ0) is 14.3. The number of benzene rings is 1. The zero-order valence-electron chi connectivity index (χ0n) is 10.9. The van der Waals surface area contributed by atoms with Crippen LogP contribution in [0.5, 0.6) is 0 Å². The Balaban J connectivity index is 2.25. The first-order chi connectivity index (χ1) is 9.00. The number of amides is 1. The molecule has 0 unspecified atom stereocenters. The van der Waals surface area contributed by atoms with E-state index in [1.165, 1.54) is 0 Å². The van der Waals surface area contributed by atoms with Gasteiger partial charge < -0.3 is 15.8 Å². The lowest BCUT2D eigenvalue weighted by molar-refractivity contribution is -0.138. The summed E-state index contributed by atoms with van der Waals surface area (Å²) in [6, 6.07) is 6.73. The van der Waals surface area contributed by atoms with E-state index in [9.17, 15) is 9.59 Å². The highest BCUT2D eigenvalue weighted by atomic mass is 16.5. The lowest BCUT2D eigenvalue weighted by atomic mass is 10.2. The van der Waals surface area contributed by atoms with Crippen molar-refractivity contribution in [2.75, 3.05) is 18.9 Å². The molecule has 0 aliphatic heterocycles. The first kappa shape index (κ1) is 14.8. The summed E-state index contributed by atoms with van der Waals surface area (Å²) in [7, 11) is 0. The van der Waals surface area contributed by atoms with Crippen LogP contribution in [0.3, 0.4) is 0 Å². The topological polar surface area (TPSA) is 81.4 Å². The Morgan fingerprint density at radius 1 is 1.42 bits per heavy atom. The molecule has 0 spiro atoms. The predicted molar refractivity (Wildman–Crippen MR) is 73.6 cm³/mol. The van der Waals surface area contributed by atoms with Crippen molar-refractivity contribution in [3.63, 3.8) is 0 Å². The normalized spacial score (nSPS) is 9.74. The van der Waals surface area contributed by atoms with Crippen LogP contribution >= 0.6 is 0 Å². The molecule has 0 bridgehead atoms. The summed E-state index contributed by atoms with van der Waals surface area (Å²) in [5.74, 6) is -0.610. The fourth-order valence-electron chi connectivity index (χ4n) is 1.34. The van der Waals surface area contributed by atoms with Gasteiger partial charge in [-0.2, -0.15) is 0 Å². The van der Waals surface area contributed by atoms with Gasteiger partial charge in [0.2, 0.25) is 0 Å². The fourth-order valence-corrected chi connectivity index (χ4v) is 1.34. The monoisotopic (exact) mass is 262 g/mol. The average molecular weight is 262 g/mol. The van der Waals surface area contributed by atoms with Crippen LogP contribution in [0.1, 0.15) is 23.7 Å². The minimum Gasteiger partial charge on any atom is -0.462 e. The predicted octanol–water partition coefficient (Wildman–Crippen LogP) is 1.51. The Bertz CT molecular complexity index is 483. The number of rotatable bonds is 6. The smallest absolute Gasteiger partial charge is 0.333 e. The third-order valence-electron chi connectivity index (χ3n) is 2.34. The van der Waals surface area contributed by atoms with Crippen molar-refractivity contribution < 1.29 is 14.3 Å². The largest absolute Gasteiger partial charge is 0.462 e. The van der Waals surface area contributed by atoms with E-state index in [0.29, 0.717) is 29.8 Å². The maximum absolute atomic E-state index is 11.7. The van der Waals surface area contributed by atoms with Crippen molar-refractivity contribution in [2.45, 2.75) is 13.3 Å². The molecule has 102 valence electrons. The molecular formula is C14H18N2O3. The summed E-state index contributed by atoms with van der Waals surface area (Å²) in [6.45, 7) is 5.74. The van der Waals surface area contributed by atoms with Gasteiger partial charge >= 0.3 is 5.97 Å². The quantitative estimate of drug-likeness (QED) is 0.352. The lowest BCUT2D eigenvalue weighted by Gasteiger charge is -2.06. The average Bonchev–Trinajstić information content (AvgIpc) is 2.37. The van der Waals surface area contributed by atoms with Crippen molar-refractivity contribution in [1.82, 2.24) is 5.32 Å². The maximum atomic E-state index is 11.7. The van der Waals surface area contributed by atoms with Gasteiger partial charge in [0.1, 0.15) is 0 Å². The molecule has 0 atom stereocenters. The number of nitrogens with one attached hydrogen (secondary N) is 1. The Morgan fingerprint density at radius 3 is 2.79 bits per heavy atom. The standard InChI is InChI=1S/C14H18N2O3/c1-10(2)14(18)19-8-4-7-16-13(17)11-5-3-6-12(15)9-11/h3,5-6,9H,1,4,7-8,15H2,2H3,(H,16,17). The van der Waals surface area contributed by atoms with Crippen LogP contribution in [0.2, 0.25) is 0 Å². The van der Waals surface area contributed by atoms with Gasteiger partial charge in [-0.05, 0) is 31.5 Å². The second-order valence-electron chi connectivity index (χ2n) is 4.15. The number of hydrogen-bond acceptors (Lipinski definition) is 4. The van der Waals surface area contributed by atoms with Crippen molar-refractivity contribution >= 4 is 17.6 Å².